The number of aromatic nitrogens is 2. The van der Waals surface area contributed by atoms with Crippen LogP contribution < -0.4 is 10.2 Å². The van der Waals surface area contributed by atoms with Crippen molar-refractivity contribution in [2.45, 2.75) is 13.0 Å². The Bertz CT molecular complexity index is 1610. The Kier molecular flexibility index (Phi) is 5.06. The first kappa shape index (κ1) is 22.3. The van der Waals surface area contributed by atoms with E-state index in [1.54, 1.807) is 28.9 Å². The predicted molar refractivity (Wildman–Crippen MR) is 138 cm³/mol. The number of rotatable bonds is 3. The lowest BCUT2D eigenvalue weighted by Crippen LogP contribution is -2.48. The second-order valence-electron chi connectivity index (χ2n) is 8.35. The van der Waals surface area contributed by atoms with Crippen LogP contribution in [-0.4, -0.2) is 26.4 Å². The van der Waals surface area contributed by atoms with E-state index >= 15 is 0 Å². The number of benzene rings is 3. The molecule has 0 saturated carbocycles. The van der Waals surface area contributed by atoms with E-state index in [4.69, 9.17) is 33.3 Å². The van der Waals surface area contributed by atoms with Gasteiger partial charge < -0.3 is 10.2 Å². The van der Waals surface area contributed by atoms with Crippen LogP contribution in [0.3, 0.4) is 0 Å². The minimum atomic E-state index is -0.531. The van der Waals surface area contributed by atoms with Crippen molar-refractivity contribution in [2.75, 3.05) is 10.2 Å². The van der Waals surface area contributed by atoms with E-state index in [0.29, 0.717) is 32.9 Å². The number of hydrogen-bond acceptors (Lipinski definition) is 6. The number of fused-ring (bicyclic) bond motifs is 4. The summed E-state index contributed by atoms with van der Waals surface area (Å²) in [5.74, 6) is 0.252. The summed E-state index contributed by atoms with van der Waals surface area (Å²) in [6.45, 7) is 1.86. The van der Waals surface area contributed by atoms with Crippen LogP contribution in [0.25, 0.3) is 5.69 Å². The fraction of sp³-hybridized carbons (Fsp3) is 0.0800. The molecule has 0 aliphatic carbocycles. The summed E-state index contributed by atoms with van der Waals surface area (Å²) in [5, 5.41) is 19.7. The molecule has 1 aromatic heterocycles. The topological polar surface area (TPSA) is 106 Å². The highest BCUT2D eigenvalue weighted by Gasteiger charge is 2.43. The van der Waals surface area contributed by atoms with E-state index in [0.717, 1.165) is 16.8 Å². The summed E-state index contributed by atoms with van der Waals surface area (Å²) < 4.78 is 1.59. The average Bonchev–Trinajstić information content (AvgIpc) is 3.19. The molecule has 0 radical (unpaired) electrons. The SMILES string of the molecule is Cc1nn(-c2ccc([N+](=O)[O-])cc2)c2c1C(c1ccc(Cl)cc1Cl)N1C(=N2)C(=O)Nc2ccccc21. The van der Waals surface area contributed by atoms with Crippen molar-refractivity contribution in [3.63, 3.8) is 0 Å². The fourth-order valence-corrected chi connectivity index (χ4v) is 5.17. The van der Waals surface area contributed by atoms with Gasteiger partial charge in [0.1, 0.15) is 0 Å². The molecular formula is C25H16Cl2N6O3. The van der Waals surface area contributed by atoms with Gasteiger partial charge in [-0.2, -0.15) is 5.10 Å². The molecule has 4 aromatic rings. The van der Waals surface area contributed by atoms with Gasteiger partial charge in [-0.15, -0.1) is 0 Å². The Morgan fingerprint density at radius 1 is 1.06 bits per heavy atom. The van der Waals surface area contributed by atoms with Gasteiger partial charge in [-0.3, -0.25) is 14.9 Å². The number of hydrogen-bond donors (Lipinski definition) is 1. The number of halogens is 2. The molecule has 1 amide bonds. The Hall–Kier alpha value is -4.21. The van der Waals surface area contributed by atoms with Crippen LogP contribution in [0.5, 0.6) is 0 Å². The molecule has 2 aliphatic heterocycles. The van der Waals surface area contributed by atoms with Gasteiger partial charge in [0.25, 0.3) is 11.6 Å². The van der Waals surface area contributed by atoms with E-state index in [1.165, 1.54) is 12.1 Å². The number of anilines is 2. The van der Waals surface area contributed by atoms with Crippen LogP contribution in [0.2, 0.25) is 10.0 Å². The van der Waals surface area contributed by atoms with E-state index in [-0.39, 0.29) is 17.4 Å². The molecule has 2 aliphatic rings. The van der Waals surface area contributed by atoms with E-state index in [1.807, 2.05) is 42.2 Å². The molecular weight excluding hydrogens is 503 g/mol. The highest BCUT2D eigenvalue weighted by Crippen LogP contribution is 2.48. The largest absolute Gasteiger partial charge is 0.317 e. The van der Waals surface area contributed by atoms with Crippen molar-refractivity contribution in [3.8, 4) is 5.69 Å². The van der Waals surface area contributed by atoms with Crippen molar-refractivity contribution in [3.05, 3.63) is 104 Å². The molecule has 0 saturated heterocycles. The molecule has 1 atom stereocenters. The molecule has 0 spiro atoms. The number of amidine groups is 1. The third-order valence-electron chi connectivity index (χ3n) is 6.23. The van der Waals surface area contributed by atoms with E-state index < -0.39 is 11.0 Å². The number of carbonyl (C=O) groups excluding carboxylic acids is 1. The number of nitrogens with zero attached hydrogens (tertiary/aromatic N) is 5. The fourth-order valence-electron chi connectivity index (χ4n) is 4.65. The lowest BCUT2D eigenvalue weighted by Gasteiger charge is -2.40. The molecule has 3 heterocycles. The van der Waals surface area contributed by atoms with Crippen molar-refractivity contribution < 1.29 is 9.72 Å². The zero-order valence-corrected chi connectivity index (χ0v) is 20.2. The van der Waals surface area contributed by atoms with Crippen molar-refractivity contribution in [2.24, 2.45) is 4.99 Å². The van der Waals surface area contributed by atoms with Gasteiger partial charge in [0.2, 0.25) is 5.84 Å². The number of nitro groups is 1. The molecule has 178 valence electrons. The first-order chi connectivity index (χ1) is 17.3. The Balaban J connectivity index is 1.63. The number of nitrogens with one attached hydrogen (secondary N) is 1. The van der Waals surface area contributed by atoms with E-state index in [2.05, 4.69) is 5.32 Å². The van der Waals surface area contributed by atoms with Gasteiger partial charge in [-0.05, 0) is 48.9 Å². The molecule has 11 heteroatoms. The van der Waals surface area contributed by atoms with Crippen molar-refractivity contribution in [1.82, 2.24) is 9.78 Å². The number of nitro benzene ring substituents is 1. The maximum atomic E-state index is 13.2. The number of non-ortho nitro benzene ring substituents is 1. The molecule has 3 aromatic carbocycles. The number of para-hydroxylation sites is 2. The molecule has 0 fully saturated rings. The smallest absolute Gasteiger partial charge is 0.291 e. The Labute approximate surface area is 214 Å². The third kappa shape index (κ3) is 3.35. The van der Waals surface area contributed by atoms with Crippen LogP contribution in [0.15, 0.2) is 71.7 Å². The highest BCUT2D eigenvalue weighted by atomic mass is 35.5. The molecule has 6 rings (SSSR count). The third-order valence-corrected chi connectivity index (χ3v) is 6.79. The Morgan fingerprint density at radius 3 is 2.53 bits per heavy atom. The number of amides is 1. The maximum Gasteiger partial charge on any atom is 0.291 e. The van der Waals surface area contributed by atoms with Crippen LogP contribution in [0.1, 0.15) is 22.9 Å². The monoisotopic (exact) mass is 518 g/mol. The van der Waals surface area contributed by atoms with Gasteiger partial charge in [0.05, 0.1) is 33.7 Å². The minimum absolute atomic E-state index is 0.0388. The van der Waals surface area contributed by atoms with Gasteiger partial charge in [-0.25, -0.2) is 9.67 Å². The summed E-state index contributed by atoms with van der Waals surface area (Å²) >= 11 is 12.9. The molecule has 36 heavy (non-hydrogen) atoms. The standard InChI is InChI=1S/C25H16Cl2N6O3/c1-13-21-22(17-11-6-14(26)12-18(17)27)31-20-5-3-2-4-19(20)28-25(34)24(31)29-23(21)32(30-13)15-7-9-16(10-8-15)33(35)36/h2-12,22H,1H3,(H,28,34). The average molecular weight is 519 g/mol. The van der Waals surface area contributed by atoms with Crippen LogP contribution in [-0.2, 0) is 4.79 Å². The van der Waals surface area contributed by atoms with Gasteiger partial charge in [-0.1, -0.05) is 41.4 Å². The van der Waals surface area contributed by atoms with Gasteiger partial charge >= 0.3 is 0 Å². The maximum absolute atomic E-state index is 13.2. The molecule has 1 N–H and O–H groups in total. The number of carbonyl (C=O) groups is 1. The second kappa shape index (κ2) is 8.18. The Morgan fingerprint density at radius 2 is 1.81 bits per heavy atom. The molecule has 9 nitrogen and oxygen atoms in total. The number of aliphatic imine (C=N–C) groups is 1. The number of aryl methyl sites for hydroxylation is 1. The summed E-state index contributed by atoms with van der Waals surface area (Å²) in [5.41, 5.74) is 4.10. The van der Waals surface area contributed by atoms with Crippen LogP contribution in [0.4, 0.5) is 22.9 Å². The summed E-state index contributed by atoms with van der Waals surface area (Å²) in [7, 11) is 0. The van der Waals surface area contributed by atoms with Crippen molar-refractivity contribution >= 4 is 57.8 Å². The van der Waals surface area contributed by atoms with Gasteiger partial charge in [0, 0.05) is 27.7 Å². The lowest BCUT2D eigenvalue weighted by atomic mass is 9.93. The lowest BCUT2D eigenvalue weighted by molar-refractivity contribution is -0.384. The normalized spacial score (nSPS) is 16.0. The first-order valence-electron chi connectivity index (χ1n) is 10.9. The first-order valence-corrected chi connectivity index (χ1v) is 11.7. The van der Waals surface area contributed by atoms with E-state index in [9.17, 15) is 14.9 Å². The molecule has 1 unspecified atom stereocenters. The highest BCUT2D eigenvalue weighted by molar-refractivity contribution is 6.50. The quantitative estimate of drug-likeness (QED) is 0.265. The van der Waals surface area contributed by atoms with Gasteiger partial charge in [0.15, 0.2) is 5.82 Å². The zero-order valence-electron chi connectivity index (χ0n) is 18.6. The minimum Gasteiger partial charge on any atom is -0.317 e. The van der Waals surface area contributed by atoms with Crippen molar-refractivity contribution in [1.29, 1.82) is 0 Å². The summed E-state index contributed by atoms with van der Waals surface area (Å²) in [6.07, 6.45) is 0. The van der Waals surface area contributed by atoms with Crippen LogP contribution in [0, 0.1) is 17.0 Å². The van der Waals surface area contributed by atoms with Crippen LogP contribution >= 0.6 is 23.2 Å². The second-order valence-corrected chi connectivity index (χ2v) is 9.20. The predicted octanol–water partition coefficient (Wildman–Crippen LogP) is 5.99. The zero-order chi connectivity index (χ0) is 25.1. The molecule has 0 bridgehead atoms. The summed E-state index contributed by atoms with van der Waals surface area (Å²) in [6, 6.07) is 18.2. The summed E-state index contributed by atoms with van der Waals surface area (Å²) in [4.78, 5) is 30.5.